The van der Waals surface area contributed by atoms with E-state index in [-0.39, 0.29) is 11.7 Å². The molecule has 1 unspecified atom stereocenters. The largest absolute Gasteiger partial charge is 0.379 e. The molecule has 2 aliphatic rings. The Morgan fingerprint density at radius 3 is 2.91 bits per heavy atom. The number of aliphatic imine (C=N–C) groups is 1. The molecule has 1 fully saturated rings. The molecule has 0 aliphatic carbocycles. The summed E-state index contributed by atoms with van der Waals surface area (Å²) in [5, 5.41) is 3.52. The van der Waals surface area contributed by atoms with E-state index in [1.807, 2.05) is 4.90 Å². The fourth-order valence-corrected chi connectivity index (χ4v) is 3.36. The second-order valence-electron chi connectivity index (χ2n) is 5.13. The molecule has 3 rings (SSSR count). The number of amidine groups is 1. The van der Waals surface area contributed by atoms with Crippen LogP contribution in [0.4, 0.5) is 4.39 Å². The van der Waals surface area contributed by atoms with E-state index in [9.17, 15) is 9.18 Å². The van der Waals surface area contributed by atoms with E-state index in [1.165, 1.54) is 23.9 Å². The summed E-state index contributed by atoms with van der Waals surface area (Å²) >= 11 is 1.53. The fraction of sp³-hybridized carbons (Fsp3) is 0.467. The van der Waals surface area contributed by atoms with Crippen molar-refractivity contribution < 1.29 is 13.9 Å². The van der Waals surface area contributed by atoms with E-state index >= 15 is 0 Å². The average molecular weight is 323 g/mol. The maximum atomic E-state index is 13.6. The van der Waals surface area contributed by atoms with Crippen LogP contribution in [0.5, 0.6) is 0 Å². The number of hydrogen-bond acceptors (Lipinski definition) is 5. The van der Waals surface area contributed by atoms with Gasteiger partial charge in [0.1, 0.15) is 11.9 Å². The van der Waals surface area contributed by atoms with Crippen molar-refractivity contribution in [3.05, 3.63) is 35.6 Å². The van der Waals surface area contributed by atoms with Crippen LogP contribution < -0.4 is 5.32 Å². The van der Waals surface area contributed by atoms with Gasteiger partial charge in [0.15, 0.2) is 5.17 Å². The SMILES string of the molecule is O=C(NC1=NCCS1)C(c1cccc(F)c1)N1CCOCC1. The molecule has 0 aromatic heterocycles. The number of morpholine rings is 1. The molecular weight excluding hydrogens is 305 g/mol. The van der Waals surface area contributed by atoms with Gasteiger partial charge in [-0.3, -0.25) is 14.7 Å². The summed E-state index contributed by atoms with van der Waals surface area (Å²) in [5.41, 5.74) is 0.656. The Morgan fingerprint density at radius 1 is 1.41 bits per heavy atom. The van der Waals surface area contributed by atoms with Crippen LogP contribution in [0.3, 0.4) is 0 Å². The van der Waals surface area contributed by atoms with E-state index in [4.69, 9.17) is 4.74 Å². The van der Waals surface area contributed by atoms with Crippen molar-refractivity contribution in [1.29, 1.82) is 0 Å². The molecule has 0 saturated carbocycles. The van der Waals surface area contributed by atoms with Gasteiger partial charge >= 0.3 is 0 Å². The molecule has 1 atom stereocenters. The summed E-state index contributed by atoms with van der Waals surface area (Å²) in [6, 6.07) is 5.70. The van der Waals surface area contributed by atoms with Crippen LogP contribution in [0.25, 0.3) is 0 Å². The van der Waals surface area contributed by atoms with E-state index in [0.29, 0.717) is 37.0 Å². The van der Waals surface area contributed by atoms with Gasteiger partial charge in [-0.05, 0) is 17.7 Å². The lowest BCUT2D eigenvalue weighted by molar-refractivity contribution is -0.127. The Morgan fingerprint density at radius 2 is 2.23 bits per heavy atom. The van der Waals surface area contributed by atoms with Gasteiger partial charge in [0.25, 0.3) is 0 Å². The van der Waals surface area contributed by atoms with Crippen LogP contribution in [0.2, 0.25) is 0 Å². The average Bonchev–Trinajstić information content (AvgIpc) is 3.01. The lowest BCUT2D eigenvalue weighted by atomic mass is 10.0. The second-order valence-corrected chi connectivity index (χ2v) is 6.21. The van der Waals surface area contributed by atoms with Gasteiger partial charge in [-0.1, -0.05) is 23.9 Å². The summed E-state index contributed by atoms with van der Waals surface area (Å²) in [6.45, 7) is 3.18. The summed E-state index contributed by atoms with van der Waals surface area (Å²) in [4.78, 5) is 19.0. The minimum absolute atomic E-state index is 0.166. The molecule has 1 N–H and O–H groups in total. The Kier molecular flexibility index (Phi) is 5.07. The second kappa shape index (κ2) is 7.21. The van der Waals surface area contributed by atoms with Crippen LogP contribution in [0, 0.1) is 5.82 Å². The zero-order valence-corrected chi connectivity index (χ0v) is 12.9. The number of thioether (sulfide) groups is 1. The van der Waals surface area contributed by atoms with Crippen LogP contribution in [-0.4, -0.2) is 54.6 Å². The van der Waals surface area contributed by atoms with Crippen LogP contribution >= 0.6 is 11.8 Å². The van der Waals surface area contributed by atoms with E-state index < -0.39 is 6.04 Å². The maximum absolute atomic E-state index is 13.6. The summed E-state index contributed by atoms with van der Waals surface area (Å²) in [5.74, 6) is 0.384. The Balaban J connectivity index is 1.82. The molecule has 1 aromatic carbocycles. The highest BCUT2D eigenvalue weighted by Gasteiger charge is 2.30. The molecule has 5 nitrogen and oxygen atoms in total. The first-order chi connectivity index (χ1) is 10.7. The first-order valence-corrected chi connectivity index (χ1v) is 8.28. The lowest BCUT2D eigenvalue weighted by Gasteiger charge is -2.33. The van der Waals surface area contributed by atoms with Crippen molar-refractivity contribution in [2.45, 2.75) is 6.04 Å². The minimum atomic E-state index is -0.525. The standard InChI is InChI=1S/C15H18FN3O2S/c16-12-3-1-2-11(10-12)13(19-5-7-21-8-6-19)14(20)18-15-17-4-9-22-15/h1-3,10,13H,4-9H2,(H,17,18,20). The van der Waals surface area contributed by atoms with Crippen molar-refractivity contribution in [2.75, 3.05) is 38.6 Å². The number of nitrogens with one attached hydrogen (secondary N) is 1. The monoisotopic (exact) mass is 323 g/mol. The molecule has 1 aromatic rings. The third-order valence-electron chi connectivity index (χ3n) is 3.64. The first-order valence-electron chi connectivity index (χ1n) is 7.29. The molecule has 22 heavy (non-hydrogen) atoms. The number of hydrogen-bond donors (Lipinski definition) is 1. The highest BCUT2D eigenvalue weighted by Crippen LogP contribution is 2.23. The Bertz CT molecular complexity index is 576. The molecule has 118 valence electrons. The van der Waals surface area contributed by atoms with Gasteiger partial charge in [0.2, 0.25) is 5.91 Å². The predicted molar refractivity (Wildman–Crippen MR) is 84.4 cm³/mol. The summed E-state index contributed by atoms with van der Waals surface area (Å²) in [6.07, 6.45) is 0. The number of carbonyl (C=O) groups excluding carboxylic acids is 1. The smallest absolute Gasteiger partial charge is 0.247 e. The van der Waals surface area contributed by atoms with Gasteiger partial charge in [0.05, 0.1) is 19.8 Å². The number of halogens is 1. The lowest BCUT2D eigenvalue weighted by Crippen LogP contribution is -2.46. The van der Waals surface area contributed by atoms with Crippen LogP contribution in [0.1, 0.15) is 11.6 Å². The van der Waals surface area contributed by atoms with Gasteiger partial charge in [-0.25, -0.2) is 4.39 Å². The van der Waals surface area contributed by atoms with Crippen LogP contribution in [0.15, 0.2) is 29.3 Å². The number of carbonyl (C=O) groups is 1. The number of benzene rings is 1. The highest BCUT2D eigenvalue weighted by atomic mass is 32.2. The van der Waals surface area contributed by atoms with E-state index in [0.717, 1.165) is 12.3 Å². The zero-order chi connectivity index (χ0) is 15.4. The maximum Gasteiger partial charge on any atom is 0.247 e. The fourth-order valence-electron chi connectivity index (χ4n) is 2.62. The summed E-state index contributed by atoms with van der Waals surface area (Å²) < 4.78 is 18.9. The predicted octanol–water partition coefficient (Wildman–Crippen LogP) is 1.42. The Hall–Kier alpha value is -1.44. The number of rotatable bonds is 3. The number of amides is 1. The molecule has 7 heteroatoms. The molecule has 0 radical (unpaired) electrons. The molecule has 1 amide bonds. The molecular formula is C15H18FN3O2S. The van der Waals surface area contributed by atoms with Gasteiger partial charge in [-0.15, -0.1) is 0 Å². The topological polar surface area (TPSA) is 53.9 Å². The van der Waals surface area contributed by atoms with Crippen LogP contribution in [-0.2, 0) is 9.53 Å². The molecule has 0 bridgehead atoms. The molecule has 1 saturated heterocycles. The van der Waals surface area contributed by atoms with E-state index in [1.54, 1.807) is 12.1 Å². The summed E-state index contributed by atoms with van der Waals surface area (Å²) in [7, 11) is 0. The number of nitrogens with zero attached hydrogens (tertiary/aromatic N) is 2. The van der Waals surface area contributed by atoms with Gasteiger partial charge in [-0.2, -0.15) is 0 Å². The molecule has 2 aliphatic heterocycles. The number of ether oxygens (including phenoxy) is 1. The van der Waals surface area contributed by atoms with Crippen molar-refractivity contribution in [3.8, 4) is 0 Å². The quantitative estimate of drug-likeness (QED) is 0.914. The molecule has 0 spiro atoms. The third-order valence-corrected chi connectivity index (χ3v) is 4.53. The Labute approximate surface area is 132 Å². The van der Waals surface area contributed by atoms with Crippen molar-refractivity contribution in [3.63, 3.8) is 0 Å². The van der Waals surface area contributed by atoms with Crippen molar-refractivity contribution >= 4 is 22.8 Å². The van der Waals surface area contributed by atoms with Gasteiger partial charge in [0, 0.05) is 18.8 Å². The normalized spacial score (nSPS) is 20.5. The molecule has 2 heterocycles. The van der Waals surface area contributed by atoms with Gasteiger partial charge < -0.3 is 10.1 Å². The first kappa shape index (κ1) is 15.5. The minimum Gasteiger partial charge on any atom is -0.379 e. The van der Waals surface area contributed by atoms with E-state index in [2.05, 4.69) is 10.3 Å². The van der Waals surface area contributed by atoms with Crippen molar-refractivity contribution in [1.82, 2.24) is 10.2 Å². The zero-order valence-electron chi connectivity index (χ0n) is 12.1. The highest BCUT2D eigenvalue weighted by molar-refractivity contribution is 8.14. The third kappa shape index (κ3) is 3.66. The van der Waals surface area contributed by atoms with Crippen molar-refractivity contribution in [2.24, 2.45) is 4.99 Å².